The second kappa shape index (κ2) is 5.57. The van der Waals surface area contributed by atoms with Crippen LogP contribution in [0.15, 0.2) is 17.4 Å². The molecule has 2 aliphatic rings. The summed E-state index contributed by atoms with van der Waals surface area (Å²) in [7, 11) is 1.34. The first kappa shape index (κ1) is 17.4. The van der Waals surface area contributed by atoms with E-state index in [9.17, 15) is 19.8 Å². The van der Waals surface area contributed by atoms with Gasteiger partial charge >= 0.3 is 5.97 Å². The highest BCUT2D eigenvalue weighted by atomic mass is 16.6. The average Bonchev–Trinajstić information content (AvgIpc) is 2.73. The number of phenols is 1. The van der Waals surface area contributed by atoms with E-state index >= 15 is 0 Å². The van der Waals surface area contributed by atoms with Gasteiger partial charge in [-0.1, -0.05) is 0 Å². The Hall–Kier alpha value is -2.38. The molecule has 0 saturated carbocycles. The third-order valence-corrected chi connectivity index (χ3v) is 5.07. The Labute approximate surface area is 144 Å². The van der Waals surface area contributed by atoms with Gasteiger partial charge in [0.2, 0.25) is 0 Å². The fraction of sp³-hybridized carbons (Fsp3) is 0.444. The van der Waals surface area contributed by atoms with E-state index in [4.69, 9.17) is 14.2 Å². The highest BCUT2D eigenvalue weighted by Gasteiger charge is 2.56. The highest BCUT2D eigenvalue weighted by molar-refractivity contribution is 6.03. The molecule has 0 radical (unpaired) electrons. The van der Waals surface area contributed by atoms with E-state index in [0.717, 1.165) is 0 Å². The number of aromatic hydroxyl groups is 1. The Morgan fingerprint density at radius 1 is 1.24 bits per heavy atom. The molecule has 1 aliphatic heterocycles. The van der Waals surface area contributed by atoms with E-state index in [1.807, 2.05) is 0 Å². The zero-order valence-electron chi connectivity index (χ0n) is 14.7. The molecular weight excluding hydrogens is 328 g/mol. The Morgan fingerprint density at radius 2 is 1.88 bits per heavy atom. The molecule has 1 aromatic rings. The molecule has 3 rings (SSSR count). The lowest BCUT2D eigenvalue weighted by atomic mass is 9.79. The highest BCUT2D eigenvalue weighted by Crippen LogP contribution is 2.44. The lowest BCUT2D eigenvalue weighted by Gasteiger charge is -2.42. The first-order valence-electron chi connectivity index (χ1n) is 7.83. The summed E-state index contributed by atoms with van der Waals surface area (Å²) in [6.07, 6.45) is -2.51. The first-order chi connectivity index (χ1) is 11.6. The van der Waals surface area contributed by atoms with Crippen molar-refractivity contribution in [3.63, 3.8) is 0 Å². The molecule has 0 unspecified atom stereocenters. The van der Waals surface area contributed by atoms with Gasteiger partial charge < -0.3 is 24.4 Å². The van der Waals surface area contributed by atoms with E-state index < -0.39 is 29.6 Å². The van der Waals surface area contributed by atoms with Crippen molar-refractivity contribution in [1.82, 2.24) is 0 Å². The van der Waals surface area contributed by atoms with E-state index in [1.54, 1.807) is 13.8 Å². The number of carbonyl (C=O) groups is 2. The van der Waals surface area contributed by atoms with Crippen LogP contribution in [0.25, 0.3) is 0 Å². The van der Waals surface area contributed by atoms with Gasteiger partial charge in [-0.3, -0.25) is 4.79 Å². The lowest BCUT2D eigenvalue weighted by Crippen LogP contribution is -2.60. The smallest absolute Gasteiger partial charge is 0.347 e. The average molecular weight is 348 g/mol. The van der Waals surface area contributed by atoms with Gasteiger partial charge in [-0.25, -0.2) is 4.79 Å². The maximum atomic E-state index is 12.6. The summed E-state index contributed by atoms with van der Waals surface area (Å²) in [6, 6.07) is 1.45. The number of carbonyl (C=O) groups excluding carboxylic acids is 2. The summed E-state index contributed by atoms with van der Waals surface area (Å²) in [6.45, 7) is 6.23. The Bertz CT molecular complexity index is 823. The fourth-order valence-electron chi connectivity index (χ4n) is 3.24. The molecular formula is C18H20O7. The molecule has 134 valence electrons. The molecule has 0 aromatic heterocycles. The molecule has 7 heteroatoms. The van der Waals surface area contributed by atoms with E-state index in [0.29, 0.717) is 11.1 Å². The minimum Gasteiger partial charge on any atom is -0.508 e. The number of fused-ring (bicyclic) bond motifs is 2. The van der Waals surface area contributed by atoms with Crippen LogP contribution in [0.5, 0.6) is 11.5 Å². The summed E-state index contributed by atoms with van der Waals surface area (Å²) in [5.41, 5.74) is -0.343. The SMILES string of the molecule is CO[C@]1(C)[C@H](O)C(=O)C(C)=C2OC(=O)c3c(C)cc(O)c(C)c3O[C@@H]21. The number of hydrogen-bond acceptors (Lipinski definition) is 7. The first-order valence-corrected chi connectivity index (χ1v) is 7.83. The molecule has 3 atom stereocenters. The number of benzene rings is 1. The molecule has 0 bridgehead atoms. The number of methoxy groups -OCH3 is 1. The van der Waals surface area contributed by atoms with Crippen molar-refractivity contribution >= 4 is 11.8 Å². The zero-order valence-corrected chi connectivity index (χ0v) is 14.7. The van der Waals surface area contributed by atoms with Gasteiger partial charge in [-0.2, -0.15) is 0 Å². The summed E-state index contributed by atoms with van der Waals surface area (Å²) in [5.74, 6) is -1.14. The predicted molar refractivity (Wildman–Crippen MR) is 86.5 cm³/mol. The monoisotopic (exact) mass is 348 g/mol. The van der Waals surface area contributed by atoms with Gasteiger partial charge in [0.1, 0.15) is 28.8 Å². The van der Waals surface area contributed by atoms with Crippen molar-refractivity contribution in [3.05, 3.63) is 34.1 Å². The number of ketones is 1. The van der Waals surface area contributed by atoms with Crippen LogP contribution in [0.1, 0.15) is 35.3 Å². The minimum absolute atomic E-state index is 0.0131. The minimum atomic E-state index is -1.48. The number of hydrogen-bond donors (Lipinski definition) is 2. The molecule has 0 fully saturated rings. The topological polar surface area (TPSA) is 102 Å². The number of ether oxygens (including phenoxy) is 3. The molecule has 25 heavy (non-hydrogen) atoms. The molecule has 0 spiro atoms. The number of aliphatic hydroxyl groups is 1. The maximum Gasteiger partial charge on any atom is 0.347 e. The zero-order chi connectivity index (χ0) is 18.7. The molecule has 1 aliphatic carbocycles. The summed E-state index contributed by atoms with van der Waals surface area (Å²) in [5, 5.41) is 20.5. The van der Waals surface area contributed by atoms with Crippen LogP contribution in [0.4, 0.5) is 0 Å². The van der Waals surface area contributed by atoms with Crippen molar-refractivity contribution in [1.29, 1.82) is 0 Å². The summed E-state index contributed by atoms with van der Waals surface area (Å²) >= 11 is 0. The van der Waals surface area contributed by atoms with Gasteiger partial charge in [-0.05, 0) is 39.3 Å². The van der Waals surface area contributed by atoms with Crippen LogP contribution < -0.4 is 4.74 Å². The number of rotatable bonds is 1. The third kappa shape index (κ3) is 2.26. The largest absolute Gasteiger partial charge is 0.508 e. The van der Waals surface area contributed by atoms with Crippen LogP contribution in [0.3, 0.4) is 0 Å². The molecule has 2 N–H and O–H groups in total. The van der Waals surface area contributed by atoms with E-state index in [-0.39, 0.29) is 28.4 Å². The van der Waals surface area contributed by atoms with Crippen molar-refractivity contribution in [3.8, 4) is 11.5 Å². The summed E-state index contributed by atoms with van der Waals surface area (Å²) in [4.78, 5) is 25.0. The van der Waals surface area contributed by atoms with Gasteiger partial charge in [0, 0.05) is 18.2 Å². The molecule has 0 amide bonds. The van der Waals surface area contributed by atoms with Crippen molar-refractivity contribution in [2.75, 3.05) is 7.11 Å². The van der Waals surface area contributed by atoms with Crippen molar-refractivity contribution in [2.24, 2.45) is 0 Å². The predicted octanol–water partition coefficient (Wildman–Crippen LogP) is 1.55. The van der Waals surface area contributed by atoms with Crippen molar-refractivity contribution < 1.29 is 34.0 Å². The van der Waals surface area contributed by atoms with Crippen LogP contribution in [-0.4, -0.2) is 46.9 Å². The van der Waals surface area contributed by atoms with E-state index in [2.05, 4.69) is 0 Å². The number of Topliss-reactive ketones (excluding diaryl/α,β-unsaturated/α-hetero) is 1. The molecule has 1 heterocycles. The van der Waals surface area contributed by atoms with Crippen LogP contribution in [0.2, 0.25) is 0 Å². The number of phenolic OH excluding ortho intramolecular Hbond substituents is 1. The normalized spacial score (nSPS) is 28.7. The van der Waals surface area contributed by atoms with Gasteiger partial charge in [0.25, 0.3) is 0 Å². The Balaban J connectivity index is 2.30. The van der Waals surface area contributed by atoms with Crippen LogP contribution in [-0.2, 0) is 14.3 Å². The quantitative estimate of drug-likeness (QED) is 0.742. The van der Waals surface area contributed by atoms with Gasteiger partial charge in [0.05, 0.1) is 0 Å². The standard InChI is InChI=1S/C18H20O7/c1-7-6-10(19)8(2)13-11(7)17(22)25-14-9(3)12(20)15(21)18(4,23-5)16(14)24-13/h6,15-16,19,21H,1-5H3/t15-,16+,18-/m1/s1. The lowest BCUT2D eigenvalue weighted by molar-refractivity contribution is -0.166. The second-order valence-electron chi connectivity index (χ2n) is 6.57. The van der Waals surface area contributed by atoms with Crippen LogP contribution >= 0.6 is 0 Å². The fourth-order valence-corrected chi connectivity index (χ4v) is 3.24. The third-order valence-electron chi connectivity index (χ3n) is 5.07. The Kier molecular flexibility index (Phi) is 3.89. The van der Waals surface area contributed by atoms with Gasteiger partial charge in [-0.15, -0.1) is 0 Å². The summed E-state index contributed by atoms with van der Waals surface area (Å²) < 4.78 is 16.9. The van der Waals surface area contributed by atoms with E-state index in [1.165, 1.54) is 27.0 Å². The molecule has 0 saturated heterocycles. The van der Waals surface area contributed by atoms with Gasteiger partial charge in [0.15, 0.2) is 17.6 Å². The molecule has 1 aromatic carbocycles. The molecule has 7 nitrogen and oxygen atoms in total. The number of aryl methyl sites for hydroxylation is 1. The van der Waals surface area contributed by atoms with Crippen molar-refractivity contribution in [2.45, 2.75) is 45.5 Å². The number of aliphatic hydroxyl groups excluding tert-OH is 1. The maximum absolute atomic E-state index is 12.6. The van der Waals surface area contributed by atoms with Crippen LogP contribution in [0, 0.1) is 13.8 Å². The Morgan fingerprint density at radius 3 is 2.48 bits per heavy atom. The number of esters is 1. The second-order valence-corrected chi connectivity index (χ2v) is 6.57.